The van der Waals surface area contributed by atoms with Crippen LogP contribution < -0.4 is 30.3 Å². The minimum absolute atomic E-state index is 0.0938. The van der Waals surface area contributed by atoms with E-state index in [2.05, 4.69) is 44.6 Å². The Morgan fingerprint density at radius 3 is 2.56 bits per heavy atom. The van der Waals surface area contributed by atoms with Gasteiger partial charge in [0, 0.05) is 37.5 Å². The average Bonchev–Trinajstić information content (AvgIpc) is 3.88. The molecule has 2 aliphatic heterocycles. The summed E-state index contributed by atoms with van der Waals surface area (Å²) in [5, 5.41) is 32.4. The number of esters is 1. The largest absolute Gasteiger partial charge is 0.481 e. The standard InChI is InChI=1S/C38H53N5O10P2/c1-36(2,42-29(45)13-12-28(44)41-24(7-5-6-17-40-54-3)34(48)39-20-30(46)47)35(49)51-26-14-15-38(50)27-19-23-10-11-25(53-55-4)32-31(23)37(38,33(26)52-32)16-18-43(27)21-22-8-9-22/h10-11,22,24,26-27,33,40,50H,3-9,12-21H2,1-2H3,(H,39,48)(H,41,44)(H,42,45)(H,46,47)/t24-,26?,27+,33-,37-,38+/m0/s1. The molecule has 300 valence electrons. The van der Waals surface area contributed by atoms with E-state index in [4.69, 9.17) is 19.1 Å². The van der Waals surface area contributed by atoms with Crippen LogP contribution in [0.25, 0.3) is 0 Å². The van der Waals surface area contributed by atoms with Crippen LogP contribution in [0.3, 0.4) is 0 Å². The number of hydrogen-bond acceptors (Lipinski definition) is 11. The first-order valence-corrected chi connectivity index (χ1v) is 21.2. The Morgan fingerprint density at radius 1 is 1.09 bits per heavy atom. The summed E-state index contributed by atoms with van der Waals surface area (Å²) in [7, 11) is 1.23. The Hall–Kier alpha value is -3.61. The van der Waals surface area contributed by atoms with Gasteiger partial charge in [0.15, 0.2) is 11.5 Å². The number of unbranched alkanes of at least 4 members (excludes halogenated alkanes) is 1. The molecule has 6 N–H and O–H groups in total. The smallest absolute Gasteiger partial charge is 0.331 e. The molecular formula is C38H53N5O10P2. The van der Waals surface area contributed by atoms with E-state index in [1.54, 1.807) is 0 Å². The van der Waals surface area contributed by atoms with Gasteiger partial charge >= 0.3 is 11.9 Å². The van der Waals surface area contributed by atoms with Crippen LogP contribution in [0.5, 0.6) is 11.5 Å². The number of carboxylic acid groups (broad SMARTS) is 1. The fourth-order valence-corrected chi connectivity index (χ4v) is 9.71. The number of piperidine rings is 1. The predicted octanol–water partition coefficient (Wildman–Crippen LogP) is 2.25. The van der Waals surface area contributed by atoms with Gasteiger partial charge in [0.2, 0.25) is 17.7 Å². The molecule has 3 aliphatic carbocycles. The first kappa shape index (κ1) is 41.0. The van der Waals surface area contributed by atoms with Crippen molar-refractivity contribution in [2.75, 3.05) is 26.2 Å². The highest BCUT2D eigenvalue weighted by molar-refractivity contribution is 7.34. The lowest BCUT2D eigenvalue weighted by Crippen LogP contribution is -2.77. The van der Waals surface area contributed by atoms with Crippen molar-refractivity contribution in [1.82, 2.24) is 25.9 Å². The summed E-state index contributed by atoms with van der Waals surface area (Å²) in [6.45, 7) is 4.90. The van der Waals surface area contributed by atoms with Crippen LogP contribution in [0.15, 0.2) is 12.1 Å². The minimum Gasteiger partial charge on any atom is -0.481 e. The SMILES string of the molecule is C=PNCCCC[C@H](NC(=O)CCC(=O)NC(C)(C)C(=O)OC1CC[C@@]2(O)[C@H]3Cc4ccc(OP=C)c5c4[C@@]2(CCN3CC2CC2)[C@H]1O5)C(=O)NCC(=O)O. The minimum atomic E-state index is -1.47. The Balaban J connectivity index is 1.09. The number of likely N-dealkylation sites (tertiary alicyclic amines) is 1. The number of benzene rings is 1. The predicted molar refractivity (Wildman–Crippen MR) is 208 cm³/mol. The number of rotatable bonds is 20. The van der Waals surface area contributed by atoms with Crippen molar-refractivity contribution in [3.05, 3.63) is 23.3 Å². The van der Waals surface area contributed by atoms with Crippen molar-refractivity contribution < 1.29 is 48.2 Å². The van der Waals surface area contributed by atoms with Crippen molar-refractivity contribution in [2.45, 2.75) is 125 Å². The van der Waals surface area contributed by atoms with Gasteiger partial charge in [-0.2, -0.15) is 0 Å². The molecule has 1 saturated heterocycles. The molecule has 2 saturated carbocycles. The van der Waals surface area contributed by atoms with Crippen molar-refractivity contribution in [3.63, 3.8) is 0 Å². The third kappa shape index (κ3) is 8.42. The first-order chi connectivity index (χ1) is 26.2. The maximum atomic E-state index is 13.9. The Morgan fingerprint density at radius 2 is 1.85 bits per heavy atom. The second kappa shape index (κ2) is 16.9. The molecule has 6 atom stereocenters. The summed E-state index contributed by atoms with van der Waals surface area (Å²) in [6, 6.07) is 2.89. The summed E-state index contributed by atoms with van der Waals surface area (Å²) in [6.07, 6.45) is 11.7. The molecule has 2 bridgehead atoms. The summed E-state index contributed by atoms with van der Waals surface area (Å²) in [4.78, 5) is 65.9. The van der Waals surface area contributed by atoms with E-state index >= 15 is 0 Å². The molecule has 1 aromatic carbocycles. The number of carbonyl (C=O) groups is 5. The molecule has 1 unspecified atom stereocenters. The van der Waals surface area contributed by atoms with E-state index in [0.717, 1.165) is 32.6 Å². The number of carbonyl (C=O) groups excluding carboxylic acids is 4. The topological polar surface area (TPSA) is 205 Å². The van der Waals surface area contributed by atoms with Crippen LogP contribution in [0.4, 0.5) is 0 Å². The van der Waals surface area contributed by atoms with E-state index < -0.39 is 71.0 Å². The van der Waals surface area contributed by atoms with Crippen LogP contribution in [0, 0.1) is 5.92 Å². The van der Waals surface area contributed by atoms with Gasteiger partial charge in [0.25, 0.3) is 0 Å². The van der Waals surface area contributed by atoms with Crippen molar-refractivity contribution in [1.29, 1.82) is 0 Å². The second-order valence-corrected chi connectivity index (χ2v) is 17.0. The highest BCUT2D eigenvalue weighted by Gasteiger charge is 2.73. The second-order valence-electron chi connectivity index (χ2n) is 15.9. The van der Waals surface area contributed by atoms with Gasteiger partial charge in [0.05, 0.1) is 11.0 Å². The van der Waals surface area contributed by atoms with Gasteiger partial charge in [-0.05, 0) is 110 Å². The number of aliphatic carboxylic acids is 1. The Bertz CT molecular complexity index is 1710. The van der Waals surface area contributed by atoms with E-state index in [0.29, 0.717) is 70.9 Å². The van der Waals surface area contributed by atoms with Crippen LogP contribution >= 0.6 is 16.8 Å². The third-order valence-corrected chi connectivity index (χ3v) is 12.6. The number of carboxylic acids is 1. The summed E-state index contributed by atoms with van der Waals surface area (Å²) in [5.74, 6) is -1.87. The molecule has 6 rings (SSSR count). The number of nitrogens with zero attached hydrogens (tertiary/aromatic N) is 1. The zero-order valence-electron chi connectivity index (χ0n) is 31.6. The molecule has 0 radical (unpaired) electrons. The maximum absolute atomic E-state index is 13.9. The normalized spacial score (nSPS) is 27.0. The van der Waals surface area contributed by atoms with Gasteiger partial charge in [-0.3, -0.25) is 29.2 Å². The number of hydrogen-bond donors (Lipinski definition) is 6. The molecule has 1 aromatic rings. The fraction of sp³-hybridized carbons (Fsp3) is 0.658. The van der Waals surface area contributed by atoms with E-state index in [-0.39, 0.29) is 25.3 Å². The molecule has 3 fully saturated rings. The summed E-state index contributed by atoms with van der Waals surface area (Å²) in [5.41, 5.74) is -1.33. The number of nitrogens with one attached hydrogen (secondary N) is 4. The molecule has 1 spiro atoms. The molecule has 0 aromatic heterocycles. The van der Waals surface area contributed by atoms with Crippen molar-refractivity contribution in [3.8, 4) is 11.5 Å². The van der Waals surface area contributed by atoms with Crippen LogP contribution in [0.2, 0.25) is 0 Å². The highest BCUT2D eigenvalue weighted by Crippen LogP contribution is 2.66. The molecule has 2 heterocycles. The van der Waals surface area contributed by atoms with Gasteiger partial charge in [0.1, 0.15) is 38.8 Å². The Kier molecular flexibility index (Phi) is 12.6. The molecule has 17 heteroatoms. The third-order valence-electron chi connectivity index (χ3n) is 11.9. The van der Waals surface area contributed by atoms with Crippen molar-refractivity contribution >= 4 is 59.0 Å². The van der Waals surface area contributed by atoms with Gasteiger partial charge < -0.3 is 40.2 Å². The van der Waals surface area contributed by atoms with Crippen LogP contribution in [0.1, 0.15) is 89.2 Å². The first-order valence-electron chi connectivity index (χ1n) is 19.2. The zero-order chi connectivity index (χ0) is 39.5. The number of aliphatic hydroxyl groups is 1. The molecular weight excluding hydrogens is 748 g/mol. The summed E-state index contributed by atoms with van der Waals surface area (Å²) < 4.78 is 18.8. The number of ether oxygens (including phenoxy) is 2. The lowest BCUT2D eigenvalue weighted by Gasteiger charge is -2.64. The van der Waals surface area contributed by atoms with E-state index in [9.17, 15) is 29.1 Å². The lowest BCUT2D eigenvalue weighted by molar-refractivity contribution is -0.218. The van der Waals surface area contributed by atoms with E-state index in [1.807, 2.05) is 6.07 Å². The molecule has 3 amide bonds. The molecule has 15 nitrogen and oxygen atoms in total. The van der Waals surface area contributed by atoms with Gasteiger partial charge in [-0.25, -0.2) is 4.79 Å². The van der Waals surface area contributed by atoms with Crippen LogP contribution in [-0.2, 0) is 40.5 Å². The van der Waals surface area contributed by atoms with E-state index in [1.165, 1.54) is 26.7 Å². The van der Waals surface area contributed by atoms with Gasteiger partial charge in [-0.15, -0.1) is 0 Å². The number of amides is 3. The lowest BCUT2D eigenvalue weighted by atomic mass is 9.48. The molecule has 55 heavy (non-hydrogen) atoms. The van der Waals surface area contributed by atoms with Crippen LogP contribution in [-0.4, -0.2) is 119 Å². The van der Waals surface area contributed by atoms with Crippen molar-refractivity contribution in [2.24, 2.45) is 5.92 Å². The quantitative estimate of drug-likeness (QED) is 0.0639. The summed E-state index contributed by atoms with van der Waals surface area (Å²) >= 11 is 0. The Labute approximate surface area is 324 Å². The maximum Gasteiger partial charge on any atom is 0.331 e. The fourth-order valence-electron chi connectivity index (χ4n) is 9.11. The highest BCUT2D eigenvalue weighted by atomic mass is 31.1. The zero-order valence-corrected chi connectivity index (χ0v) is 33.4. The van der Waals surface area contributed by atoms with Gasteiger partial charge in [-0.1, -0.05) is 12.4 Å². The monoisotopic (exact) mass is 801 g/mol. The molecule has 5 aliphatic rings. The average molecular weight is 802 g/mol.